The maximum absolute atomic E-state index is 11.9. The summed E-state index contributed by atoms with van der Waals surface area (Å²) in [4.78, 5) is 20.4. The Labute approximate surface area is 123 Å². The van der Waals surface area contributed by atoms with Crippen molar-refractivity contribution >= 4 is 17.4 Å². The number of anilines is 1. The maximum Gasteiger partial charge on any atom is 0.230 e. The number of pyridine rings is 1. The van der Waals surface area contributed by atoms with Crippen molar-refractivity contribution in [1.82, 2.24) is 10.3 Å². The van der Waals surface area contributed by atoms with E-state index in [1.165, 1.54) is 0 Å². The zero-order valence-corrected chi connectivity index (χ0v) is 11.5. The number of hydrogen-bond donors (Lipinski definition) is 2. The third-order valence-electron chi connectivity index (χ3n) is 3.18. The number of carbonyl (C=O) groups is 1. The Hall–Kier alpha value is -2.69. The number of aromatic nitrogens is 1. The minimum atomic E-state index is -0.0715. The molecule has 1 amide bonds. The van der Waals surface area contributed by atoms with E-state index in [4.69, 9.17) is 0 Å². The lowest BCUT2D eigenvalue weighted by molar-refractivity contribution is -0.115. The predicted molar refractivity (Wildman–Crippen MR) is 82.4 cm³/mol. The summed E-state index contributed by atoms with van der Waals surface area (Å²) in [5, 5.41) is 6.09. The summed E-state index contributed by atoms with van der Waals surface area (Å²) in [6.07, 6.45) is 1.96. The van der Waals surface area contributed by atoms with Gasteiger partial charge in [-0.2, -0.15) is 0 Å². The van der Waals surface area contributed by atoms with Crippen LogP contribution in [0.1, 0.15) is 11.3 Å². The van der Waals surface area contributed by atoms with Crippen LogP contribution >= 0.6 is 0 Å². The lowest BCUT2D eigenvalue weighted by atomic mass is 10.2. The van der Waals surface area contributed by atoms with Gasteiger partial charge in [-0.25, -0.2) is 0 Å². The Morgan fingerprint density at radius 1 is 1.19 bits per heavy atom. The number of nitrogens with one attached hydrogen (secondary N) is 2. The van der Waals surface area contributed by atoms with Crippen LogP contribution in [0, 0.1) is 0 Å². The first-order chi connectivity index (χ1) is 10.3. The molecule has 2 aromatic rings. The van der Waals surface area contributed by atoms with Crippen molar-refractivity contribution in [2.24, 2.45) is 4.99 Å². The molecule has 1 aromatic carbocycles. The predicted octanol–water partition coefficient (Wildman–Crippen LogP) is 1.61. The second kappa shape index (κ2) is 6.17. The first-order valence-corrected chi connectivity index (χ1v) is 6.90. The molecule has 0 bridgehead atoms. The van der Waals surface area contributed by atoms with Crippen molar-refractivity contribution in [1.29, 1.82) is 0 Å². The van der Waals surface area contributed by atoms with Crippen LogP contribution in [-0.2, 0) is 11.2 Å². The average Bonchev–Trinajstić information content (AvgIpc) is 3.03. The summed E-state index contributed by atoms with van der Waals surface area (Å²) in [7, 11) is 0. The van der Waals surface area contributed by atoms with Gasteiger partial charge in [-0.3, -0.25) is 14.8 Å². The van der Waals surface area contributed by atoms with Gasteiger partial charge in [0.1, 0.15) is 5.84 Å². The monoisotopic (exact) mass is 280 g/mol. The van der Waals surface area contributed by atoms with Crippen molar-refractivity contribution in [2.75, 3.05) is 18.4 Å². The van der Waals surface area contributed by atoms with Gasteiger partial charge in [-0.05, 0) is 36.4 Å². The maximum atomic E-state index is 11.9. The van der Waals surface area contributed by atoms with Crippen LogP contribution in [0.5, 0.6) is 0 Å². The van der Waals surface area contributed by atoms with Crippen LogP contribution in [0.25, 0.3) is 0 Å². The summed E-state index contributed by atoms with van der Waals surface area (Å²) < 4.78 is 0. The third-order valence-corrected chi connectivity index (χ3v) is 3.18. The van der Waals surface area contributed by atoms with E-state index < -0.39 is 0 Å². The number of carbonyl (C=O) groups excluding carboxylic acids is 1. The van der Waals surface area contributed by atoms with Gasteiger partial charge in [0.2, 0.25) is 5.91 Å². The fourth-order valence-corrected chi connectivity index (χ4v) is 2.18. The van der Waals surface area contributed by atoms with Gasteiger partial charge >= 0.3 is 0 Å². The Morgan fingerprint density at radius 3 is 2.71 bits per heavy atom. The van der Waals surface area contributed by atoms with E-state index in [1.54, 1.807) is 6.20 Å². The quantitative estimate of drug-likeness (QED) is 0.894. The van der Waals surface area contributed by atoms with Crippen LogP contribution in [0.15, 0.2) is 53.7 Å². The summed E-state index contributed by atoms with van der Waals surface area (Å²) in [6, 6.07) is 13.2. The molecule has 1 aromatic heterocycles. The molecule has 0 radical (unpaired) electrons. The van der Waals surface area contributed by atoms with Crippen LogP contribution in [-0.4, -0.2) is 29.8 Å². The third kappa shape index (κ3) is 3.45. The molecular weight excluding hydrogens is 264 g/mol. The van der Waals surface area contributed by atoms with Crippen molar-refractivity contribution in [3.63, 3.8) is 0 Å². The fraction of sp³-hybridized carbons (Fsp3) is 0.188. The van der Waals surface area contributed by atoms with Crippen molar-refractivity contribution < 1.29 is 4.79 Å². The highest BCUT2D eigenvalue weighted by Crippen LogP contribution is 2.11. The molecule has 0 saturated heterocycles. The van der Waals surface area contributed by atoms with Gasteiger partial charge in [0, 0.05) is 29.7 Å². The molecule has 1 aliphatic rings. The van der Waals surface area contributed by atoms with Gasteiger partial charge in [0.25, 0.3) is 0 Å². The second-order valence-corrected chi connectivity index (χ2v) is 4.78. The molecule has 0 aliphatic carbocycles. The van der Waals surface area contributed by atoms with Gasteiger partial charge in [-0.1, -0.05) is 6.07 Å². The van der Waals surface area contributed by atoms with Crippen LogP contribution in [0.4, 0.5) is 5.69 Å². The second-order valence-electron chi connectivity index (χ2n) is 4.78. The van der Waals surface area contributed by atoms with Gasteiger partial charge in [0.15, 0.2) is 0 Å². The Bertz CT molecular complexity index is 650. The number of hydrogen-bond acceptors (Lipinski definition) is 4. The average molecular weight is 280 g/mol. The Morgan fingerprint density at radius 2 is 2.05 bits per heavy atom. The summed E-state index contributed by atoms with van der Waals surface area (Å²) in [6.45, 7) is 1.70. The smallest absolute Gasteiger partial charge is 0.230 e. The van der Waals surface area contributed by atoms with Crippen molar-refractivity contribution in [2.45, 2.75) is 6.42 Å². The molecule has 2 N–H and O–H groups in total. The fourth-order valence-electron chi connectivity index (χ4n) is 2.18. The van der Waals surface area contributed by atoms with E-state index in [2.05, 4.69) is 20.6 Å². The number of aliphatic imine (C=N–C) groups is 1. The molecule has 0 unspecified atom stereocenters. The zero-order valence-electron chi connectivity index (χ0n) is 11.5. The molecular formula is C16H16N4O. The minimum absolute atomic E-state index is 0.0715. The van der Waals surface area contributed by atoms with Gasteiger partial charge in [-0.15, -0.1) is 0 Å². The molecule has 0 spiro atoms. The number of amides is 1. The molecule has 21 heavy (non-hydrogen) atoms. The zero-order chi connectivity index (χ0) is 14.5. The van der Waals surface area contributed by atoms with Crippen LogP contribution in [0.2, 0.25) is 0 Å². The highest BCUT2D eigenvalue weighted by molar-refractivity contribution is 6.00. The molecule has 5 heteroatoms. The van der Waals surface area contributed by atoms with E-state index in [1.807, 2.05) is 42.5 Å². The highest BCUT2D eigenvalue weighted by Gasteiger charge is 2.08. The first-order valence-electron chi connectivity index (χ1n) is 6.90. The van der Waals surface area contributed by atoms with E-state index in [9.17, 15) is 4.79 Å². The first kappa shape index (κ1) is 13.3. The normalized spacial score (nSPS) is 13.4. The van der Waals surface area contributed by atoms with Crippen molar-refractivity contribution in [3.05, 3.63) is 59.9 Å². The van der Waals surface area contributed by atoms with E-state index >= 15 is 0 Å². The molecule has 0 atom stereocenters. The standard InChI is InChI=1S/C16H16N4O/c21-15(11-14-3-1-2-8-17-14)20-13-6-4-12(5-7-13)16-18-9-10-19-16/h1-8H,9-11H2,(H,18,19)(H,20,21). The largest absolute Gasteiger partial charge is 0.368 e. The Balaban J connectivity index is 1.61. The topological polar surface area (TPSA) is 66.4 Å². The molecule has 106 valence electrons. The van der Waals surface area contributed by atoms with Gasteiger partial charge < -0.3 is 10.6 Å². The molecule has 5 nitrogen and oxygen atoms in total. The Kier molecular flexibility index (Phi) is 3.91. The molecule has 0 fully saturated rings. The van der Waals surface area contributed by atoms with Gasteiger partial charge in [0.05, 0.1) is 13.0 Å². The summed E-state index contributed by atoms with van der Waals surface area (Å²) in [5.74, 6) is 0.846. The molecule has 0 saturated carbocycles. The number of benzene rings is 1. The number of amidine groups is 1. The minimum Gasteiger partial charge on any atom is -0.368 e. The summed E-state index contributed by atoms with van der Waals surface area (Å²) >= 11 is 0. The van der Waals surface area contributed by atoms with E-state index in [-0.39, 0.29) is 12.3 Å². The van der Waals surface area contributed by atoms with E-state index in [0.717, 1.165) is 35.9 Å². The van der Waals surface area contributed by atoms with Crippen LogP contribution < -0.4 is 10.6 Å². The number of nitrogens with zero attached hydrogens (tertiary/aromatic N) is 2. The van der Waals surface area contributed by atoms with Crippen LogP contribution in [0.3, 0.4) is 0 Å². The molecule has 1 aliphatic heterocycles. The SMILES string of the molecule is O=C(Cc1ccccn1)Nc1ccc(C2=NCCN2)cc1. The molecule has 3 rings (SSSR count). The number of rotatable bonds is 4. The van der Waals surface area contributed by atoms with E-state index in [0.29, 0.717) is 0 Å². The van der Waals surface area contributed by atoms with Crippen molar-refractivity contribution in [3.8, 4) is 0 Å². The lowest BCUT2D eigenvalue weighted by Crippen LogP contribution is -2.19. The molecule has 2 heterocycles. The highest BCUT2D eigenvalue weighted by atomic mass is 16.1. The lowest BCUT2D eigenvalue weighted by Gasteiger charge is -2.07. The summed E-state index contributed by atoms with van der Waals surface area (Å²) in [5.41, 5.74) is 2.57.